The molecule has 0 aliphatic heterocycles. The van der Waals surface area contributed by atoms with Crippen LogP contribution < -0.4 is 0 Å². The molecule has 94 valence electrons. The van der Waals surface area contributed by atoms with Crippen LogP contribution in [0.25, 0.3) is 0 Å². The third kappa shape index (κ3) is 6.14. The third-order valence-corrected chi connectivity index (χ3v) is 1.59. The van der Waals surface area contributed by atoms with Gasteiger partial charge in [0.25, 0.3) is 0 Å². The summed E-state index contributed by atoms with van der Waals surface area (Å²) < 4.78 is 11.3. The number of ether oxygens (including phenoxy) is 2. The molecule has 0 aliphatic rings. The summed E-state index contributed by atoms with van der Waals surface area (Å²) >= 11 is 0. The lowest BCUT2D eigenvalue weighted by molar-refractivity contribution is -0.479. The number of rotatable bonds is 3. The maximum atomic E-state index is 11.2. The van der Waals surface area contributed by atoms with Crippen molar-refractivity contribution < 1.29 is 18.8 Å². The first-order valence-electron chi connectivity index (χ1n) is 5.00. The fraction of sp³-hybridized carbons (Fsp3) is 0.600. The molecular formula is C10H17N4O3+. The highest BCUT2D eigenvalue weighted by atomic mass is 16.7. The topological polar surface area (TPSA) is 77.9 Å². The number of carbonyl (C=O) groups excluding carboxylic acids is 1. The monoisotopic (exact) mass is 241 g/mol. The predicted molar refractivity (Wildman–Crippen MR) is 62.0 cm³/mol. The van der Waals surface area contributed by atoms with E-state index in [1.807, 2.05) is 0 Å². The number of nitrogens with zero attached hydrogens (tertiary/aromatic N) is 4. The zero-order chi connectivity index (χ0) is 13.3. The number of nitriles is 1. The van der Waals surface area contributed by atoms with Crippen LogP contribution in [0.3, 0.4) is 0 Å². The molecule has 0 aromatic heterocycles. The van der Waals surface area contributed by atoms with E-state index in [9.17, 15) is 4.79 Å². The van der Waals surface area contributed by atoms with Gasteiger partial charge in [0.15, 0.2) is 6.67 Å². The van der Waals surface area contributed by atoms with Crippen LogP contribution in [0.5, 0.6) is 0 Å². The molecule has 0 N–H and O–H groups in total. The molecule has 7 nitrogen and oxygen atoms in total. The quantitative estimate of drug-likeness (QED) is 0.307. The smallest absolute Gasteiger partial charge is 0.434 e. The first kappa shape index (κ1) is 14.9. The second-order valence-electron chi connectivity index (χ2n) is 3.24. The number of hydrogen-bond acceptors (Lipinski definition) is 5. The first-order valence-corrected chi connectivity index (χ1v) is 5.00. The molecule has 0 amide bonds. The number of aliphatic imine (C=N–C) groups is 1. The Hall–Kier alpha value is -2.10. The van der Waals surface area contributed by atoms with Gasteiger partial charge in [-0.1, -0.05) is 0 Å². The summed E-state index contributed by atoms with van der Waals surface area (Å²) in [7, 11) is 5.13. The first-order chi connectivity index (χ1) is 8.02. The van der Waals surface area contributed by atoms with Gasteiger partial charge in [-0.2, -0.15) is 5.26 Å². The maximum absolute atomic E-state index is 11.2. The minimum Gasteiger partial charge on any atom is -0.434 e. The van der Waals surface area contributed by atoms with Gasteiger partial charge >= 0.3 is 12.2 Å². The van der Waals surface area contributed by atoms with Crippen molar-refractivity contribution in [3.8, 4) is 6.07 Å². The summed E-state index contributed by atoms with van der Waals surface area (Å²) in [6.07, 6.45) is 0.348. The van der Waals surface area contributed by atoms with Crippen LogP contribution in [0.15, 0.2) is 4.99 Å². The molecule has 0 radical (unpaired) electrons. The molecule has 7 heteroatoms. The summed E-state index contributed by atoms with van der Waals surface area (Å²) in [6, 6.07) is 2.07. The van der Waals surface area contributed by atoms with E-state index in [0.717, 1.165) is 6.21 Å². The Bertz CT molecular complexity index is 353. The molecule has 0 aromatic rings. The Morgan fingerprint density at radius 3 is 2.71 bits per heavy atom. The molecule has 0 unspecified atom stereocenters. The van der Waals surface area contributed by atoms with Crippen molar-refractivity contribution in [2.45, 2.75) is 6.92 Å². The van der Waals surface area contributed by atoms with Crippen molar-refractivity contribution in [2.24, 2.45) is 4.99 Å². The van der Waals surface area contributed by atoms with Crippen LogP contribution in [0.1, 0.15) is 6.92 Å². The lowest BCUT2D eigenvalue weighted by Crippen LogP contribution is -2.37. The van der Waals surface area contributed by atoms with Crippen LogP contribution >= 0.6 is 0 Å². The molecule has 0 bridgehead atoms. The Balaban J connectivity index is 4.55. The molecule has 0 fully saturated rings. The molecule has 0 saturated heterocycles. The Kier molecular flexibility index (Phi) is 7.10. The van der Waals surface area contributed by atoms with Gasteiger partial charge in [-0.25, -0.2) is 19.3 Å². The average Bonchev–Trinajstić information content (AvgIpc) is 2.26. The molecule has 0 aromatic carbocycles. The highest BCUT2D eigenvalue weighted by Crippen LogP contribution is 1.94. The molecule has 0 rings (SSSR count). The van der Waals surface area contributed by atoms with Crippen LogP contribution in [-0.4, -0.2) is 62.3 Å². The lowest BCUT2D eigenvalue weighted by Gasteiger charge is -2.12. The van der Waals surface area contributed by atoms with Gasteiger partial charge in [-0.05, 0) is 6.92 Å². The molecule has 0 spiro atoms. The van der Waals surface area contributed by atoms with Gasteiger partial charge in [-0.15, -0.1) is 0 Å². The van der Waals surface area contributed by atoms with Crippen LogP contribution in [-0.2, 0) is 9.47 Å². The van der Waals surface area contributed by atoms with E-state index >= 15 is 0 Å². The molecule has 0 aliphatic carbocycles. The van der Waals surface area contributed by atoms with Gasteiger partial charge < -0.3 is 9.47 Å². The van der Waals surface area contributed by atoms with Crippen LogP contribution in [0.4, 0.5) is 4.79 Å². The van der Waals surface area contributed by atoms with Gasteiger partial charge in [0.1, 0.15) is 12.3 Å². The number of hydrogen-bond donors (Lipinski definition) is 0. The second-order valence-corrected chi connectivity index (χ2v) is 3.24. The summed E-state index contributed by atoms with van der Waals surface area (Å²) in [6.45, 7) is 2.15. The fourth-order valence-corrected chi connectivity index (χ4v) is 0.997. The number of carbonyl (C=O) groups is 1. The predicted octanol–water partition coefficient (Wildman–Crippen LogP) is 0.271. The SMILES string of the molecule is CCOC(=O)OC(N(C)CN=CC#N)=[N+](C)C. The molecular weight excluding hydrogens is 224 g/mol. The Morgan fingerprint density at radius 2 is 2.24 bits per heavy atom. The molecule has 0 atom stereocenters. The van der Waals surface area contributed by atoms with Crippen molar-refractivity contribution in [1.82, 2.24) is 4.90 Å². The van der Waals surface area contributed by atoms with E-state index in [2.05, 4.69) is 9.73 Å². The van der Waals surface area contributed by atoms with E-state index in [1.165, 1.54) is 0 Å². The van der Waals surface area contributed by atoms with Crippen LogP contribution in [0, 0.1) is 11.3 Å². The highest BCUT2D eigenvalue weighted by Gasteiger charge is 2.22. The van der Waals surface area contributed by atoms with Crippen LogP contribution in [0.2, 0.25) is 0 Å². The van der Waals surface area contributed by atoms with E-state index in [0.29, 0.717) is 6.02 Å². The molecule has 17 heavy (non-hydrogen) atoms. The third-order valence-electron chi connectivity index (χ3n) is 1.59. The summed E-state index contributed by atoms with van der Waals surface area (Å²) in [5.41, 5.74) is 0. The number of amidine groups is 1. The van der Waals surface area contributed by atoms with Gasteiger partial charge in [-0.3, -0.25) is 0 Å². The normalized spacial score (nSPS) is 9.59. The van der Waals surface area contributed by atoms with E-state index in [4.69, 9.17) is 10.00 Å². The van der Waals surface area contributed by atoms with Gasteiger partial charge in [0.2, 0.25) is 0 Å². The van der Waals surface area contributed by atoms with Crippen molar-refractivity contribution in [3.05, 3.63) is 0 Å². The summed E-state index contributed by atoms with van der Waals surface area (Å²) in [5, 5.41) is 8.30. The minimum atomic E-state index is -0.771. The fourth-order valence-electron chi connectivity index (χ4n) is 0.997. The Labute approximate surface area is 101 Å². The van der Waals surface area contributed by atoms with Crippen molar-refractivity contribution >= 4 is 18.4 Å². The van der Waals surface area contributed by atoms with Gasteiger partial charge in [0.05, 0.1) is 27.7 Å². The van der Waals surface area contributed by atoms with Crippen molar-refractivity contribution in [2.75, 3.05) is 34.4 Å². The average molecular weight is 241 g/mol. The minimum absolute atomic E-state index is 0.209. The van der Waals surface area contributed by atoms with E-state index in [-0.39, 0.29) is 13.3 Å². The zero-order valence-electron chi connectivity index (χ0n) is 10.5. The highest BCUT2D eigenvalue weighted by molar-refractivity contribution is 5.81. The molecule has 0 saturated carbocycles. The van der Waals surface area contributed by atoms with Gasteiger partial charge in [0, 0.05) is 0 Å². The van der Waals surface area contributed by atoms with Crippen molar-refractivity contribution in [1.29, 1.82) is 5.26 Å². The largest absolute Gasteiger partial charge is 0.519 e. The van der Waals surface area contributed by atoms with E-state index in [1.54, 1.807) is 43.6 Å². The zero-order valence-corrected chi connectivity index (χ0v) is 10.5. The van der Waals surface area contributed by atoms with Crippen molar-refractivity contribution in [3.63, 3.8) is 0 Å². The molecule has 0 heterocycles. The Morgan fingerprint density at radius 1 is 1.59 bits per heavy atom. The lowest BCUT2D eigenvalue weighted by atomic mass is 10.7. The summed E-state index contributed by atoms with van der Waals surface area (Å²) in [4.78, 5) is 16.6. The second kappa shape index (κ2) is 8.10. The maximum Gasteiger partial charge on any atom is 0.519 e. The summed E-state index contributed by atoms with van der Waals surface area (Å²) in [5.74, 6) is 0. The standard InChI is InChI=1S/C10H17N4O3/c1-5-16-10(15)17-9(13(2)3)14(4)8-12-7-6-11/h7H,5,8H2,1-4H3/q+1. The van der Waals surface area contributed by atoms with E-state index < -0.39 is 6.16 Å².